The first-order valence-electron chi connectivity index (χ1n) is 5.94. The van der Waals surface area contributed by atoms with Crippen molar-refractivity contribution in [3.8, 4) is 5.75 Å². The molecule has 1 atom stereocenters. The number of hydrogen-bond acceptors (Lipinski definition) is 3. The van der Waals surface area contributed by atoms with Gasteiger partial charge in [0.05, 0.1) is 12.6 Å². The second kappa shape index (κ2) is 5.94. The minimum absolute atomic E-state index is 0.308. The van der Waals surface area contributed by atoms with Crippen molar-refractivity contribution in [3.63, 3.8) is 0 Å². The van der Waals surface area contributed by atoms with E-state index < -0.39 is 0 Å². The molecule has 1 unspecified atom stereocenters. The van der Waals surface area contributed by atoms with E-state index >= 15 is 0 Å². The quantitative estimate of drug-likeness (QED) is 0.895. The van der Waals surface area contributed by atoms with Crippen molar-refractivity contribution in [3.05, 3.63) is 52.9 Å². The van der Waals surface area contributed by atoms with Gasteiger partial charge in [-0.15, -0.1) is 0 Å². The van der Waals surface area contributed by atoms with Gasteiger partial charge >= 0.3 is 0 Å². The topological polar surface area (TPSA) is 48.4 Å². The molecule has 0 amide bonds. The zero-order valence-electron chi connectivity index (χ0n) is 10.2. The lowest BCUT2D eigenvalue weighted by Crippen LogP contribution is -2.10. The van der Waals surface area contributed by atoms with E-state index in [0.29, 0.717) is 11.0 Å². The molecule has 0 bridgehead atoms. The van der Waals surface area contributed by atoms with Gasteiger partial charge in [0.1, 0.15) is 11.5 Å². The molecule has 1 heterocycles. The summed E-state index contributed by atoms with van der Waals surface area (Å²) in [6.45, 7) is 2.80. The van der Waals surface area contributed by atoms with E-state index in [1.807, 2.05) is 24.3 Å². The van der Waals surface area contributed by atoms with Gasteiger partial charge in [-0.1, -0.05) is 19.1 Å². The molecule has 96 valence electrons. The van der Waals surface area contributed by atoms with Crippen LogP contribution < -0.4 is 10.5 Å². The molecule has 0 fully saturated rings. The van der Waals surface area contributed by atoms with Crippen LogP contribution in [0.2, 0.25) is 5.22 Å². The van der Waals surface area contributed by atoms with E-state index in [2.05, 4.69) is 6.92 Å². The van der Waals surface area contributed by atoms with Gasteiger partial charge in [-0.25, -0.2) is 0 Å². The van der Waals surface area contributed by atoms with Crippen LogP contribution in [0.3, 0.4) is 0 Å². The lowest BCUT2D eigenvalue weighted by atomic mass is 10.1. The summed E-state index contributed by atoms with van der Waals surface area (Å²) < 4.78 is 10.8. The lowest BCUT2D eigenvalue weighted by molar-refractivity contribution is 0.317. The highest BCUT2D eigenvalue weighted by molar-refractivity contribution is 6.28. The van der Waals surface area contributed by atoms with Gasteiger partial charge in [-0.2, -0.15) is 0 Å². The molecular weight excluding hydrogens is 250 g/mol. The molecule has 0 saturated carbocycles. The summed E-state index contributed by atoms with van der Waals surface area (Å²) in [6, 6.07) is 10.9. The molecular formula is C14H16ClNO2. The highest BCUT2D eigenvalue weighted by atomic mass is 35.5. The van der Waals surface area contributed by atoms with E-state index in [1.165, 1.54) is 0 Å². The number of nitrogens with two attached hydrogens (primary N) is 1. The number of ether oxygens (including phenoxy) is 1. The Morgan fingerprint density at radius 3 is 2.50 bits per heavy atom. The van der Waals surface area contributed by atoms with Gasteiger partial charge in [0.15, 0.2) is 5.22 Å². The maximum Gasteiger partial charge on any atom is 0.193 e. The van der Waals surface area contributed by atoms with Gasteiger partial charge in [0.25, 0.3) is 0 Å². The van der Waals surface area contributed by atoms with Crippen molar-refractivity contribution < 1.29 is 9.15 Å². The molecule has 1 aromatic heterocycles. The molecule has 18 heavy (non-hydrogen) atoms. The van der Waals surface area contributed by atoms with Gasteiger partial charge < -0.3 is 14.9 Å². The summed E-state index contributed by atoms with van der Waals surface area (Å²) in [5.74, 6) is 1.51. The Labute approximate surface area is 111 Å². The minimum Gasteiger partial charge on any atom is -0.494 e. The van der Waals surface area contributed by atoms with E-state index in [1.54, 1.807) is 12.1 Å². The van der Waals surface area contributed by atoms with Crippen LogP contribution in [0.5, 0.6) is 5.75 Å². The van der Waals surface area contributed by atoms with Crippen LogP contribution in [0.25, 0.3) is 0 Å². The Hall–Kier alpha value is -1.45. The monoisotopic (exact) mass is 265 g/mol. The van der Waals surface area contributed by atoms with E-state index in [-0.39, 0.29) is 6.04 Å². The van der Waals surface area contributed by atoms with Crippen molar-refractivity contribution in [2.24, 2.45) is 5.73 Å². The van der Waals surface area contributed by atoms with Crippen molar-refractivity contribution in [1.29, 1.82) is 0 Å². The average Bonchev–Trinajstić information content (AvgIpc) is 2.83. The Bertz CT molecular complexity index is 493. The maximum absolute atomic E-state index is 6.09. The largest absolute Gasteiger partial charge is 0.494 e. The molecule has 3 nitrogen and oxygen atoms in total. The standard InChI is InChI=1S/C14H16ClNO2/c1-2-9-17-11-5-3-10(4-6-11)14(16)12-7-8-13(15)18-12/h3-8,14H,2,9,16H2,1H3. The average molecular weight is 266 g/mol. The van der Waals surface area contributed by atoms with Crippen LogP contribution in [0, 0.1) is 0 Å². The zero-order valence-corrected chi connectivity index (χ0v) is 11.0. The third-order valence-corrected chi connectivity index (χ3v) is 2.82. The smallest absolute Gasteiger partial charge is 0.193 e. The Balaban J connectivity index is 2.09. The highest BCUT2D eigenvalue weighted by Gasteiger charge is 2.12. The fourth-order valence-corrected chi connectivity index (χ4v) is 1.80. The summed E-state index contributed by atoms with van der Waals surface area (Å²) in [7, 11) is 0. The van der Waals surface area contributed by atoms with Crippen LogP contribution in [-0.4, -0.2) is 6.61 Å². The van der Waals surface area contributed by atoms with Gasteiger partial charge in [0, 0.05) is 0 Å². The highest BCUT2D eigenvalue weighted by Crippen LogP contribution is 2.25. The number of halogens is 1. The number of benzene rings is 1. The normalized spacial score (nSPS) is 12.4. The second-order valence-corrected chi connectivity index (χ2v) is 4.41. The van der Waals surface area contributed by atoms with E-state index in [4.69, 9.17) is 26.5 Å². The summed E-state index contributed by atoms with van der Waals surface area (Å²) >= 11 is 5.73. The van der Waals surface area contributed by atoms with Crippen molar-refractivity contribution in [2.75, 3.05) is 6.61 Å². The summed E-state index contributed by atoms with van der Waals surface area (Å²) in [5, 5.41) is 0.350. The minimum atomic E-state index is -0.308. The molecule has 2 rings (SSSR count). The molecule has 1 aromatic carbocycles. The molecule has 0 aliphatic carbocycles. The molecule has 2 aromatic rings. The predicted molar refractivity (Wildman–Crippen MR) is 72.0 cm³/mol. The summed E-state index contributed by atoms with van der Waals surface area (Å²) in [4.78, 5) is 0. The third kappa shape index (κ3) is 3.06. The molecule has 0 aliphatic heterocycles. The molecule has 0 radical (unpaired) electrons. The van der Waals surface area contributed by atoms with Gasteiger partial charge in [-0.3, -0.25) is 0 Å². The Morgan fingerprint density at radius 1 is 1.22 bits per heavy atom. The van der Waals surface area contributed by atoms with Gasteiger partial charge in [-0.05, 0) is 47.9 Å². The number of furan rings is 1. The Morgan fingerprint density at radius 2 is 1.94 bits per heavy atom. The molecule has 4 heteroatoms. The molecule has 0 aliphatic rings. The summed E-state index contributed by atoms with van der Waals surface area (Å²) in [6.07, 6.45) is 0.992. The van der Waals surface area contributed by atoms with Gasteiger partial charge in [0.2, 0.25) is 0 Å². The summed E-state index contributed by atoms with van der Waals surface area (Å²) in [5.41, 5.74) is 7.05. The first kappa shape index (κ1) is 13.0. The van der Waals surface area contributed by atoms with Crippen LogP contribution >= 0.6 is 11.6 Å². The fourth-order valence-electron chi connectivity index (χ4n) is 1.65. The SMILES string of the molecule is CCCOc1ccc(C(N)c2ccc(Cl)o2)cc1. The second-order valence-electron chi connectivity index (χ2n) is 4.04. The molecule has 0 saturated heterocycles. The van der Waals surface area contributed by atoms with Crippen LogP contribution in [0.4, 0.5) is 0 Å². The molecule has 0 spiro atoms. The maximum atomic E-state index is 6.09. The molecule has 2 N–H and O–H groups in total. The fraction of sp³-hybridized carbons (Fsp3) is 0.286. The zero-order chi connectivity index (χ0) is 13.0. The Kier molecular flexibility index (Phi) is 4.28. The number of rotatable bonds is 5. The lowest BCUT2D eigenvalue weighted by Gasteiger charge is -2.10. The van der Waals surface area contributed by atoms with Crippen LogP contribution in [0.15, 0.2) is 40.8 Å². The van der Waals surface area contributed by atoms with Crippen LogP contribution in [-0.2, 0) is 0 Å². The number of hydrogen-bond donors (Lipinski definition) is 1. The third-order valence-electron chi connectivity index (χ3n) is 2.61. The first-order chi connectivity index (χ1) is 8.70. The van der Waals surface area contributed by atoms with Crippen molar-refractivity contribution in [2.45, 2.75) is 19.4 Å². The van der Waals surface area contributed by atoms with Crippen molar-refractivity contribution >= 4 is 11.6 Å². The van der Waals surface area contributed by atoms with Crippen LogP contribution in [0.1, 0.15) is 30.7 Å². The van der Waals surface area contributed by atoms with Crippen molar-refractivity contribution in [1.82, 2.24) is 0 Å². The first-order valence-corrected chi connectivity index (χ1v) is 6.32. The van der Waals surface area contributed by atoms with E-state index in [0.717, 1.165) is 24.3 Å². The van der Waals surface area contributed by atoms with E-state index in [9.17, 15) is 0 Å². The predicted octanol–water partition coefficient (Wildman–Crippen LogP) is 3.77.